The lowest BCUT2D eigenvalue weighted by Gasteiger charge is -2.19. The fourth-order valence-electron chi connectivity index (χ4n) is 1.14. The Morgan fingerprint density at radius 2 is 2.00 bits per heavy atom. The molecule has 2 heteroatoms. The predicted molar refractivity (Wildman–Crippen MR) is 53.8 cm³/mol. The van der Waals surface area contributed by atoms with Gasteiger partial charge in [0.05, 0.1) is 0 Å². The van der Waals surface area contributed by atoms with Gasteiger partial charge in [0, 0.05) is 12.5 Å². The molecular formula is C10H20N2. The molecule has 0 saturated heterocycles. The molecule has 0 saturated carbocycles. The lowest BCUT2D eigenvalue weighted by atomic mass is 10.1. The zero-order chi connectivity index (χ0) is 9.40. The number of hydrogen-bond acceptors (Lipinski definition) is 2. The highest BCUT2D eigenvalue weighted by Gasteiger charge is 2.03. The lowest BCUT2D eigenvalue weighted by Crippen LogP contribution is -2.30. The van der Waals surface area contributed by atoms with Crippen molar-refractivity contribution in [2.45, 2.75) is 32.7 Å². The van der Waals surface area contributed by atoms with E-state index >= 15 is 0 Å². The van der Waals surface area contributed by atoms with Crippen LogP contribution in [0, 0.1) is 12.3 Å². The monoisotopic (exact) mass is 168 g/mol. The van der Waals surface area contributed by atoms with Crippen molar-refractivity contribution in [3.05, 3.63) is 0 Å². The summed E-state index contributed by atoms with van der Waals surface area (Å²) in [7, 11) is 0. The summed E-state index contributed by atoms with van der Waals surface area (Å²) in [5.74, 6) is 2.58. The zero-order valence-electron chi connectivity index (χ0n) is 8.21. The van der Waals surface area contributed by atoms with E-state index in [1.165, 1.54) is 0 Å². The van der Waals surface area contributed by atoms with Gasteiger partial charge in [0.15, 0.2) is 0 Å². The topological polar surface area (TPSA) is 29.3 Å². The quantitative estimate of drug-likeness (QED) is 0.601. The minimum Gasteiger partial charge on any atom is -0.327 e. The minimum atomic E-state index is 0.176. The Morgan fingerprint density at radius 1 is 1.42 bits per heavy atom. The van der Waals surface area contributed by atoms with Crippen molar-refractivity contribution in [1.82, 2.24) is 4.90 Å². The molecule has 0 aliphatic carbocycles. The number of rotatable bonds is 6. The highest BCUT2D eigenvalue weighted by atomic mass is 15.1. The van der Waals surface area contributed by atoms with E-state index < -0.39 is 0 Å². The molecule has 0 fully saturated rings. The molecule has 0 aliphatic rings. The van der Waals surface area contributed by atoms with Gasteiger partial charge >= 0.3 is 0 Å². The average Bonchev–Trinajstić information content (AvgIpc) is 2.07. The van der Waals surface area contributed by atoms with Crippen LogP contribution >= 0.6 is 0 Å². The third kappa shape index (κ3) is 5.17. The lowest BCUT2D eigenvalue weighted by molar-refractivity contribution is 0.290. The molecule has 0 bridgehead atoms. The van der Waals surface area contributed by atoms with Crippen molar-refractivity contribution in [2.24, 2.45) is 5.73 Å². The van der Waals surface area contributed by atoms with Crippen molar-refractivity contribution in [3.8, 4) is 12.3 Å². The Balaban J connectivity index is 3.45. The highest BCUT2D eigenvalue weighted by Crippen LogP contribution is 1.96. The summed E-state index contributed by atoms with van der Waals surface area (Å²) in [6, 6.07) is 0.176. The van der Waals surface area contributed by atoms with Gasteiger partial charge in [0.2, 0.25) is 0 Å². The molecule has 0 amide bonds. The summed E-state index contributed by atoms with van der Waals surface area (Å²) in [6.07, 6.45) is 6.86. The van der Waals surface area contributed by atoms with Crippen molar-refractivity contribution >= 4 is 0 Å². The summed E-state index contributed by atoms with van der Waals surface area (Å²) in [5.41, 5.74) is 5.77. The fraction of sp³-hybridized carbons (Fsp3) is 0.800. The van der Waals surface area contributed by atoms with E-state index in [-0.39, 0.29) is 6.04 Å². The SMILES string of the molecule is C#CCC(N)CCN(CC)CC. The van der Waals surface area contributed by atoms with E-state index in [0.717, 1.165) is 26.1 Å². The third-order valence-corrected chi connectivity index (χ3v) is 2.09. The minimum absolute atomic E-state index is 0.176. The van der Waals surface area contributed by atoms with Gasteiger partial charge in [-0.05, 0) is 26.1 Å². The van der Waals surface area contributed by atoms with Crippen molar-refractivity contribution in [3.63, 3.8) is 0 Å². The molecule has 0 heterocycles. The first-order chi connectivity index (χ1) is 5.74. The maximum absolute atomic E-state index is 5.77. The van der Waals surface area contributed by atoms with Gasteiger partial charge in [0.1, 0.15) is 0 Å². The Kier molecular flexibility index (Phi) is 6.84. The first-order valence-corrected chi connectivity index (χ1v) is 4.65. The highest BCUT2D eigenvalue weighted by molar-refractivity contribution is 4.88. The molecule has 70 valence electrons. The van der Waals surface area contributed by atoms with Crippen LogP contribution in [-0.2, 0) is 0 Å². The van der Waals surface area contributed by atoms with Crippen molar-refractivity contribution < 1.29 is 0 Å². The summed E-state index contributed by atoms with van der Waals surface area (Å²) in [5, 5.41) is 0. The van der Waals surface area contributed by atoms with Gasteiger partial charge in [-0.3, -0.25) is 0 Å². The normalized spacial score (nSPS) is 12.9. The summed E-state index contributed by atoms with van der Waals surface area (Å²) >= 11 is 0. The third-order valence-electron chi connectivity index (χ3n) is 2.09. The zero-order valence-corrected chi connectivity index (χ0v) is 8.21. The van der Waals surface area contributed by atoms with Gasteiger partial charge in [-0.15, -0.1) is 12.3 Å². The van der Waals surface area contributed by atoms with Gasteiger partial charge in [-0.1, -0.05) is 13.8 Å². The number of nitrogens with zero attached hydrogens (tertiary/aromatic N) is 1. The van der Waals surface area contributed by atoms with Gasteiger partial charge < -0.3 is 10.6 Å². The van der Waals surface area contributed by atoms with E-state index in [1.807, 2.05) is 0 Å². The molecule has 2 N–H and O–H groups in total. The van der Waals surface area contributed by atoms with E-state index in [2.05, 4.69) is 24.7 Å². The van der Waals surface area contributed by atoms with Crippen LogP contribution in [0.3, 0.4) is 0 Å². The average molecular weight is 168 g/mol. The molecule has 0 aromatic carbocycles. The Morgan fingerprint density at radius 3 is 2.42 bits per heavy atom. The van der Waals surface area contributed by atoms with E-state index in [4.69, 9.17) is 12.2 Å². The van der Waals surface area contributed by atoms with Crippen LogP contribution < -0.4 is 5.73 Å². The number of nitrogens with two attached hydrogens (primary N) is 1. The molecule has 0 spiro atoms. The van der Waals surface area contributed by atoms with Crippen molar-refractivity contribution in [1.29, 1.82) is 0 Å². The van der Waals surface area contributed by atoms with Crippen LogP contribution in [0.4, 0.5) is 0 Å². The maximum atomic E-state index is 5.77. The molecule has 2 nitrogen and oxygen atoms in total. The van der Waals surface area contributed by atoms with E-state index in [0.29, 0.717) is 6.42 Å². The van der Waals surface area contributed by atoms with E-state index in [9.17, 15) is 0 Å². The Hall–Kier alpha value is -0.520. The van der Waals surface area contributed by atoms with Crippen molar-refractivity contribution in [2.75, 3.05) is 19.6 Å². The second kappa shape index (κ2) is 7.15. The fourth-order valence-corrected chi connectivity index (χ4v) is 1.14. The van der Waals surface area contributed by atoms with Gasteiger partial charge in [-0.25, -0.2) is 0 Å². The molecule has 0 aromatic rings. The molecule has 0 rings (SSSR count). The summed E-state index contributed by atoms with van der Waals surface area (Å²) in [6.45, 7) is 7.58. The smallest absolute Gasteiger partial charge is 0.0239 e. The summed E-state index contributed by atoms with van der Waals surface area (Å²) < 4.78 is 0. The van der Waals surface area contributed by atoms with Crippen LogP contribution in [0.5, 0.6) is 0 Å². The van der Waals surface area contributed by atoms with Crippen LogP contribution in [-0.4, -0.2) is 30.6 Å². The van der Waals surface area contributed by atoms with E-state index in [1.54, 1.807) is 0 Å². The molecule has 0 radical (unpaired) electrons. The standard InChI is InChI=1S/C10H20N2/c1-4-7-10(11)8-9-12(5-2)6-3/h1,10H,5-9,11H2,2-3H3. The second-order valence-corrected chi connectivity index (χ2v) is 2.98. The van der Waals surface area contributed by atoms with Gasteiger partial charge in [0.25, 0.3) is 0 Å². The van der Waals surface area contributed by atoms with Gasteiger partial charge in [-0.2, -0.15) is 0 Å². The Labute approximate surface area is 76.1 Å². The Bertz CT molecular complexity index is 133. The van der Waals surface area contributed by atoms with Crippen LogP contribution in [0.25, 0.3) is 0 Å². The first kappa shape index (κ1) is 11.5. The van der Waals surface area contributed by atoms with Crippen LogP contribution in [0.2, 0.25) is 0 Å². The predicted octanol–water partition coefficient (Wildman–Crippen LogP) is 1.07. The summed E-state index contributed by atoms with van der Waals surface area (Å²) in [4.78, 5) is 2.36. The molecular weight excluding hydrogens is 148 g/mol. The second-order valence-electron chi connectivity index (χ2n) is 2.98. The van der Waals surface area contributed by atoms with Crippen LogP contribution in [0.1, 0.15) is 26.7 Å². The van der Waals surface area contributed by atoms with Crippen LogP contribution in [0.15, 0.2) is 0 Å². The molecule has 1 atom stereocenters. The first-order valence-electron chi connectivity index (χ1n) is 4.65. The maximum Gasteiger partial charge on any atom is 0.0239 e. The molecule has 0 aliphatic heterocycles. The molecule has 12 heavy (non-hydrogen) atoms. The number of hydrogen-bond donors (Lipinski definition) is 1. The molecule has 1 unspecified atom stereocenters. The molecule has 0 aromatic heterocycles. The number of terminal acetylenes is 1. The largest absolute Gasteiger partial charge is 0.327 e.